The van der Waals surface area contributed by atoms with Gasteiger partial charge in [0.05, 0.1) is 17.2 Å². The van der Waals surface area contributed by atoms with Crippen LogP contribution in [0.5, 0.6) is 11.5 Å². The minimum atomic E-state index is -1.06. The van der Waals surface area contributed by atoms with Gasteiger partial charge in [-0.2, -0.15) is 11.3 Å². The second kappa shape index (κ2) is 8.61. The number of benzene rings is 2. The lowest BCUT2D eigenvalue weighted by Gasteiger charge is -2.10. The molecular formula is C21H17NO2S3. The first-order valence-electron chi connectivity index (χ1n) is 8.41. The molecule has 6 heteroatoms. The van der Waals surface area contributed by atoms with Crippen LogP contribution in [0.15, 0.2) is 76.8 Å². The van der Waals surface area contributed by atoms with Crippen LogP contribution in [-0.4, -0.2) is 9.19 Å². The van der Waals surface area contributed by atoms with Crippen molar-refractivity contribution in [2.24, 2.45) is 0 Å². The highest BCUT2D eigenvalue weighted by Crippen LogP contribution is 2.28. The van der Waals surface area contributed by atoms with E-state index in [2.05, 4.69) is 16.4 Å². The molecule has 1 atom stereocenters. The number of hydrogen-bond donors (Lipinski definition) is 0. The zero-order valence-corrected chi connectivity index (χ0v) is 16.9. The Kier molecular flexibility index (Phi) is 5.77. The normalized spacial score (nSPS) is 12.0. The van der Waals surface area contributed by atoms with Gasteiger partial charge in [0.2, 0.25) is 0 Å². The lowest BCUT2D eigenvalue weighted by Crippen LogP contribution is -2.01. The van der Waals surface area contributed by atoms with E-state index in [0.29, 0.717) is 11.5 Å². The number of thiazole rings is 1. The van der Waals surface area contributed by atoms with Crippen molar-refractivity contribution in [2.45, 2.75) is 11.5 Å². The van der Waals surface area contributed by atoms with Crippen LogP contribution >= 0.6 is 22.7 Å². The molecule has 2 heterocycles. The van der Waals surface area contributed by atoms with E-state index in [-0.39, 0.29) is 0 Å². The van der Waals surface area contributed by atoms with Gasteiger partial charge in [-0.1, -0.05) is 36.4 Å². The number of thiophene rings is 1. The highest BCUT2D eigenvalue weighted by molar-refractivity contribution is 7.83. The first-order chi connectivity index (χ1) is 13.3. The van der Waals surface area contributed by atoms with E-state index in [1.807, 2.05) is 65.4 Å². The number of nitrogens with zero attached hydrogens (tertiary/aromatic N) is 1. The van der Waals surface area contributed by atoms with Crippen LogP contribution in [0.3, 0.4) is 0 Å². The van der Waals surface area contributed by atoms with E-state index in [4.69, 9.17) is 4.74 Å². The molecule has 1 unspecified atom stereocenters. The summed E-state index contributed by atoms with van der Waals surface area (Å²) >= 11 is 3.25. The van der Waals surface area contributed by atoms with Gasteiger partial charge in [-0.3, -0.25) is 4.21 Å². The number of para-hydroxylation sites is 2. The molecule has 0 bridgehead atoms. The Labute approximate surface area is 168 Å². The van der Waals surface area contributed by atoms with Gasteiger partial charge in [0.15, 0.2) is 0 Å². The molecular weight excluding hydrogens is 394 g/mol. The number of rotatable bonds is 7. The molecule has 0 aliphatic rings. The van der Waals surface area contributed by atoms with Crippen LogP contribution < -0.4 is 4.74 Å². The lowest BCUT2D eigenvalue weighted by molar-refractivity contribution is 0.478. The molecule has 4 aromatic rings. The van der Waals surface area contributed by atoms with E-state index in [1.54, 1.807) is 22.7 Å². The molecule has 27 heavy (non-hydrogen) atoms. The van der Waals surface area contributed by atoms with Gasteiger partial charge in [-0.15, -0.1) is 11.3 Å². The van der Waals surface area contributed by atoms with Crippen molar-refractivity contribution >= 4 is 33.5 Å². The fourth-order valence-corrected chi connectivity index (χ4v) is 5.42. The summed E-state index contributed by atoms with van der Waals surface area (Å²) in [6, 6.07) is 19.5. The van der Waals surface area contributed by atoms with Crippen LogP contribution in [0.25, 0.3) is 10.6 Å². The summed E-state index contributed by atoms with van der Waals surface area (Å²) in [6.45, 7) is 0. The first kappa shape index (κ1) is 18.1. The predicted molar refractivity (Wildman–Crippen MR) is 114 cm³/mol. The average molecular weight is 412 g/mol. The first-order valence-corrected chi connectivity index (χ1v) is 11.7. The van der Waals surface area contributed by atoms with Crippen LogP contribution in [0.4, 0.5) is 0 Å². The number of ether oxygens (including phenoxy) is 1. The van der Waals surface area contributed by atoms with Gasteiger partial charge in [0.1, 0.15) is 16.5 Å². The van der Waals surface area contributed by atoms with Crippen LogP contribution in [-0.2, 0) is 22.3 Å². The molecule has 0 fully saturated rings. The van der Waals surface area contributed by atoms with Crippen LogP contribution in [0.1, 0.15) is 11.3 Å². The fraction of sp³-hybridized carbons (Fsp3) is 0.0952. The summed E-state index contributed by atoms with van der Waals surface area (Å²) in [5.74, 6) is 2.40. The Morgan fingerprint density at radius 1 is 0.926 bits per heavy atom. The molecule has 3 nitrogen and oxygen atoms in total. The fourth-order valence-electron chi connectivity index (χ4n) is 2.62. The van der Waals surface area contributed by atoms with Crippen LogP contribution in [0.2, 0.25) is 0 Å². The van der Waals surface area contributed by atoms with Crippen molar-refractivity contribution in [2.75, 3.05) is 0 Å². The molecule has 136 valence electrons. The van der Waals surface area contributed by atoms with Gasteiger partial charge < -0.3 is 4.74 Å². The van der Waals surface area contributed by atoms with E-state index >= 15 is 0 Å². The Morgan fingerprint density at radius 3 is 2.56 bits per heavy atom. The number of aromatic nitrogens is 1. The predicted octanol–water partition coefficient (Wildman–Crippen LogP) is 6.11. The standard InChI is InChI=1S/C21H17NO2S3/c23-27(15-18-13-26-21(22-18)16-10-11-25-12-16)14-17-6-4-5-9-20(17)24-19-7-2-1-3-8-19/h1-13H,14-15H2. The van der Waals surface area contributed by atoms with E-state index < -0.39 is 10.8 Å². The van der Waals surface area contributed by atoms with E-state index in [1.165, 1.54) is 0 Å². The number of hydrogen-bond acceptors (Lipinski definition) is 5. The monoisotopic (exact) mass is 411 g/mol. The highest BCUT2D eigenvalue weighted by atomic mass is 32.2. The molecule has 0 aliphatic heterocycles. The summed E-state index contributed by atoms with van der Waals surface area (Å²) in [4.78, 5) is 4.63. The van der Waals surface area contributed by atoms with Crippen molar-refractivity contribution in [1.82, 2.24) is 4.98 Å². The maximum Gasteiger partial charge on any atom is 0.131 e. The average Bonchev–Trinajstić information content (AvgIpc) is 3.36. The summed E-state index contributed by atoms with van der Waals surface area (Å²) in [7, 11) is -1.06. The SMILES string of the molecule is O=S(Cc1csc(-c2ccsc2)n1)Cc1ccccc1Oc1ccccc1. The largest absolute Gasteiger partial charge is 0.457 e. The third-order valence-electron chi connectivity index (χ3n) is 3.89. The molecule has 0 N–H and O–H groups in total. The maximum atomic E-state index is 12.7. The summed E-state index contributed by atoms with van der Waals surface area (Å²) < 4.78 is 18.7. The Bertz CT molecular complexity index is 1030. The zero-order chi connectivity index (χ0) is 18.5. The molecule has 4 rings (SSSR count). The topological polar surface area (TPSA) is 39.2 Å². The second-order valence-electron chi connectivity index (χ2n) is 5.91. The quantitative estimate of drug-likeness (QED) is 0.368. The van der Waals surface area contributed by atoms with Gasteiger partial charge in [0, 0.05) is 32.7 Å². The molecule has 0 saturated carbocycles. The Balaban J connectivity index is 1.44. The molecule has 0 aliphatic carbocycles. The zero-order valence-electron chi connectivity index (χ0n) is 14.4. The molecule has 0 saturated heterocycles. The van der Waals surface area contributed by atoms with E-state index in [9.17, 15) is 4.21 Å². The molecule has 2 aromatic carbocycles. The van der Waals surface area contributed by atoms with Crippen molar-refractivity contribution in [3.63, 3.8) is 0 Å². The molecule has 0 spiro atoms. The van der Waals surface area contributed by atoms with Gasteiger partial charge in [0.25, 0.3) is 0 Å². The van der Waals surface area contributed by atoms with Crippen molar-refractivity contribution in [1.29, 1.82) is 0 Å². The molecule has 0 radical (unpaired) electrons. The van der Waals surface area contributed by atoms with Crippen molar-refractivity contribution in [3.8, 4) is 22.1 Å². The van der Waals surface area contributed by atoms with Gasteiger partial charge >= 0.3 is 0 Å². The van der Waals surface area contributed by atoms with Crippen LogP contribution in [0, 0.1) is 0 Å². The van der Waals surface area contributed by atoms with E-state index in [0.717, 1.165) is 33.3 Å². The molecule has 2 aromatic heterocycles. The minimum Gasteiger partial charge on any atom is -0.457 e. The smallest absolute Gasteiger partial charge is 0.131 e. The highest BCUT2D eigenvalue weighted by Gasteiger charge is 2.12. The maximum absolute atomic E-state index is 12.7. The minimum absolute atomic E-state index is 0.439. The summed E-state index contributed by atoms with van der Waals surface area (Å²) in [6.07, 6.45) is 0. The summed E-state index contributed by atoms with van der Waals surface area (Å²) in [5, 5.41) is 7.10. The summed E-state index contributed by atoms with van der Waals surface area (Å²) in [5.41, 5.74) is 2.94. The third-order valence-corrected chi connectivity index (χ3v) is 6.76. The van der Waals surface area contributed by atoms with Gasteiger partial charge in [-0.25, -0.2) is 4.98 Å². The third kappa shape index (κ3) is 4.71. The van der Waals surface area contributed by atoms with Crippen molar-refractivity contribution in [3.05, 3.63) is 88.1 Å². The van der Waals surface area contributed by atoms with Gasteiger partial charge in [-0.05, 0) is 29.6 Å². The lowest BCUT2D eigenvalue weighted by atomic mass is 10.2. The Morgan fingerprint density at radius 2 is 1.74 bits per heavy atom. The Hall–Kier alpha value is -2.28. The van der Waals surface area contributed by atoms with Crippen molar-refractivity contribution < 1.29 is 8.95 Å². The molecule has 0 amide bonds. The second-order valence-corrected chi connectivity index (χ2v) is 9.00.